The van der Waals surface area contributed by atoms with E-state index in [-0.39, 0.29) is 23.8 Å². The van der Waals surface area contributed by atoms with Crippen LogP contribution in [-0.2, 0) is 9.59 Å². The van der Waals surface area contributed by atoms with Gasteiger partial charge in [0.2, 0.25) is 17.8 Å². The molecule has 1 unspecified atom stereocenters. The van der Waals surface area contributed by atoms with E-state index in [0.29, 0.717) is 10.7 Å². The van der Waals surface area contributed by atoms with Crippen molar-refractivity contribution in [3.63, 3.8) is 0 Å². The number of amides is 2. The Labute approximate surface area is 183 Å². The van der Waals surface area contributed by atoms with Gasteiger partial charge < -0.3 is 16.0 Å². The molecule has 2 heterocycles. The topological polar surface area (TPSA) is 116 Å². The summed E-state index contributed by atoms with van der Waals surface area (Å²) in [7, 11) is 0. The van der Waals surface area contributed by atoms with Crippen molar-refractivity contribution in [3.05, 3.63) is 74.5 Å². The van der Waals surface area contributed by atoms with Crippen LogP contribution in [0.5, 0.6) is 0 Å². The minimum absolute atomic E-state index is 0.0672. The van der Waals surface area contributed by atoms with E-state index >= 15 is 0 Å². The summed E-state index contributed by atoms with van der Waals surface area (Å²) in [5.74, 6) is -1.62. The van der Waals surface area contributed by atoms with Gasteiger partial charge in [0.15, 0.2) is 0 Å². The fourth-order valence-electron chi connectivity index (χ4n) is 3.38. The average Bonchev–Trinajstić information content (AvgIpc) is 2.71. The van der Waals surface area contributed by atoms with Gasteiger partial charge in [0.1, 0.15) is 5.82 Å². The van der Waals surface area contributed by atoms with Crippen molar-refractivity contribution in [1.82, 2.24) is 9.97 Å². The van der Waals surface area contributed by atoms with E-state index in [0.717, 1.165) is 16.8 Å². The fraction of sp³-hybridized carbons (Fsp3) is 0.182. The number of benzene rings is 2. The number of aromatic amines is 1. The van der Waals surface area contributed by atoms with Crippen LogP contribution in [0.15, 0.2) is 47.3 Å². The van der Waals surface area contributed by atoms with Crippen LogP contribution in [0.2, 0.25) is 5.02 Å². The van der Waals surface area contributed by atoms with Gasteiger partial charge in [-0.15, -0.1) is 0 Å². The minimum Gasteiger partial charge on any atom is -0.326 e. The van der Waals surface area contributed by atoms with E-state index in [1.807, 2.05) is 38.1 Å². The first-order chi connectivity index (χ1) is 14.8. The zero-order valence-corrected chi connectivity index (χ0v) is 17.6. The normalized spacial score (nSPS) is 15.1. The van der Waals surface area contributed by atoms with Crippen molar-refractivity contribution < 1.29 is 9.59 Å². The van der Waals surface area contributed by atoms with Crippen molar-refractivity contribution in [3.8, 4) is 0 Å². The third-order valence-corrected chi connectivity index (χ3v) is 5.27. The van der Waals surface area contributed by atoms with Crippen LogP contribution >= 0.6 is 11.6 Å². The molecule has 2 aromatic carbocycles. The van der Waals surface area contributed by atoms with E-state index in [1.54, 1.807) is 18.2 Å². The smallest absolute Gasteiger partial charge is 0.258 e. The van der Waals surface area contributed by atoms with Crippen LogP contribution in [0, 0.1) is 13.8 Å². The van der Waals surface area contributed by atoms with Gasteiger partial charge >= 0.3 is 0 Å². The zero-order chi connectivity index (χ0) is 22.1. The van der Waals surface area contributed by atoms with Crippen molar-refractivity contribution in [2.75, 3.05) is 16.0 Å². The molecule has 0 spiro atoms. The Kier molecular flexibility index (Phi) is 5.48. The summed E-state index contributed by atoms with van der Waals surface area (Å²) in [5, 5.41) is 8.83. The predicted molar refractivity (Wildman–Crippen MR) is 120 cm³/mol. The van der Waals surface area contributed by atoms with Gasteiger partial charge in [-0.2, -0.15) is 4.98 Å². The van der Waals surface area contributed by atoms with E-state index in [9.17, 15) is 14.4 Å². The summed E-state index contributed by atoms with van der Waals surface area (Å²) >= 11 is 6.02. The number of halogens is 1. The van der Waals surface area contributed by atoms with Gasteiger partial charge in [-0.3, -0.25) is 19.4 Å². The molecule has 4 N–H and O–H groups in total. The van der Waals surface area contributed by atoms with Crippen LogP contribution in [0.3, 0.4) is 0 Å². The molecule has 0 radical (unpaired) electrons. The Morgan fingerprint density at radius 3 is 2.61 bits per heavy atom. The van der Waals surface area contributed by atoms with Crippen LogP contribution in [0.1, 0.15) is 29.0 Å². The highest BCUT2D eigenvalue weighted by molar-refractivity contribution is 6.31. The highest BCUT2D eigenvalue weighted by Gasteiger charge is 2.35. The van der Waals surface area contributed by atoms with Crippen molar-refractivity contribution in [2.24, 2.45) is 0 Å². The Hall–Kier alpha value is -3.65. The van der Waals surface area contributed by atoms with Crippen LogP contribution < -0.4 is 21.5 Å². The van der Waals surface area contributed by atoms with Gasteiger partial charge in [-0.25, -0.2) is 0 Å². The molecule has 4 rings (SSSR count). The first kappa shape index (κ1) is 20.6. The maximum Gasteiger partial charge on any atom is 0.258 e. The summed E-state index contributed by atoms with van der Waals surface area (Å²) in [6, 6.07) is 12.6. The molecule has 8 nitrogen and oxygen atoms in total. The molecule has 3 aromatic rings. The van der Waals surface area contributed by atoms with Gasteiger partial charge in [0.05, 0.1) is 11.5 Å². The number of aryl methyl sites for hydroxylation is 2. The molecule has 0 saturated carbocycles. The van der Waals surface area contributed by atoms with Crippen LogP contribution in [-0.4, -0.2) is 21.8 Å². The monoisotopic (exact) mass is 437 g/mol. The maximum atomic E-state index is 13.0. The quantitative estimate of drug-likeness (QED) is 0.494. The first-order valence-corrected chi connectivity index (χ1v) is 10.0. The van der Waals surface area contributed by atoms with Crippen LogP contribution in [0.4, 0.5) is 23.1 Å². The lowest BCUT2D eigenvalue weighted by atomic mass is 9.92. The second-order valence-electron chi connectivity index (χ2n) is 7.42. The number of aromatic nitrogens is 2. The second kappa shape index (κ2) is 8.23. The third-order valence-electron chi connectivity index (χ3n) is 5.04. The highest BCUT2D eigenvalue weighted by Crippen LogP contribution is 2.31. The molecular weight excluding hydrogens is 418 g/mol. The molecule has 31 heavy (non-hydrogen) atoms. The Balaban J connectivity index is 1.65. The second-order valence-corrected chi connectivity index (χ2v) is 7.86. The lowest BCUT2D eigenvalue weighted by Gasteiger charge is -2.24. The predicted octanol–water partition coefficient (Wildman–Crippen LogP) is 3.85. The third kappa shape index (κ3) is 4.44. The summed E-state index contributed by atoms with van der Waals surface area (Å²) in [6.07, 6.45) is -0.159. The van der Waals surface area contributed by atoms with Crippen molar-refractivity contribution in [1.29, 1.82) is 0 Å². The molecule has 1 atom stereocenters. The molecule has 0 saturated heterocycles. The largest absolute Gasteiger partial charge is 0.326 e. The number of anilines is 4. The molecule has 0 fully saturated rings. The molecule has 0 aliphatic carbocycles. The lowest BCUT2D eigenvalue weighted by molar-refractivity contribution is -0.123. The summed E-state index contributed by atoms with van der Waals surface area (Å²) in [4.78, 5) is 45.0. The molecule has 158 valence electrons. The first-order valence-electron chi connectivity index (χ1n) is 9.65. The van der Waals surface area contributed by atoms with Gasteiger partial charge in [0, 0.05) is 22.8 Å². The minimum atomic E-state index is -0.980. The van der Waals surface area contributed by atoms with Gasteiger partial charge in [-0.1, -0.05) is 35.4 Å². The Morgan fingerprint density at radius 1 is 1.13 bits per heavy atom. The van der Waals surface area contributed by atoms with E-state index in [1.165, 1.54) is 0 Å². The lowest BCUT2D eigenvalue weighted by Crippen LogP contribution is -2.36. The number of carbonyl (C=O) groups is 2. The van der Waals surface area contributed by atoms with Gasteiger partial charge in [-0.05, 0) is 43.7 Å². The molecular formula is C22H20ClN5O3. The number of carbonyl (C=O) groups excluding carboxylic acids is 2. The number of rotatable bonds is 4. The number of fused-ring (bicyclic) bond motifs is 1. The average molecular weight is 438 g/mol. The molecule has 2 amide bonds. The van der Waals surface area contributed by atoms with Crippen molar-refractivity contribution in [2.45, 2.75) is 26.2 Å². The van der Waals surface area contributed by atoms with E-state index in [2.05, 4.69) is 25.9 Å². The molecule has 9 heteroatoms. The van der Waals surface area contributed by atoms with Crippen LogP contribution in [0.25, 0.3) is 0 Å². The number of nitrogens with one attached hydrogen (secondary N) is 4. The summed E-state index contributed by atoms with van der Waals surface area (Å²) < 4.78 is 0. The van der Waals surface area contributed by atoms with Gasteiger partial charge in [0.25, 0.3) is 5.56 Å². The summed E-state index contributed by atoms with van der Waals surface area (Å²) in [6.45, 7) is 3.79. The van der Waals surface area contributed by atoms with E-state index < -0.39 is 23.3 Å². The number of nitrogens with zero attached hydrogens (tertiary/aromatic N) is 1. The number of hydrogen-bond donors (Lipinski definition) is 4. The zero-order valence-electron chi connectivity index (χ0n) is 16.9. The standard InChI is InChI=1S/C22H20ClN5O3/c1-11-3-7-14(8-4-11)24-22-27-19-18(21(31)28-22)15(10-17(29)26-19)20(30)25-16-9-13(23)6-5-12(16)2/h3-9,15H,10H2,1-2H3,(H,25,30)(H3,24,26,27,28,29,31). The Morgan fingerprint density at radius 2 is 1.87 bits per heavy atom. The maximum absolute atomic E-state index is 13.0. The SMILES string of the molecule is Cc1ccc(Nc2nc3c(c(=O)[nH]2)C(C(=O)Nc2cc(Cl)ccc2C)CC(=O)N3)cc1. The highest BCUT2D eigenvalue weighted by atomic mass is 35.5. The number of H-pyrrole nitrogens is 1. The van der Waals surface area contributed by atoms with E-state index in [4.69, 9.17) is 11.6 Å². The molecule has 0 bridgehead atoms. The number of hydrogen-bond acceptors (Lipinski definition) is 5. The Bertz CT molecular complexity index is 1240. The summed E-state index contributed by atoms with van der Waals surface area (Å²) in [5.41, 5.74) is 2.76. The van der Waals surface area contributed by atoms with Crippen molar-refractivity contribution >= 4 is 46.6 Å². The molecule has 1 aromatic heterocycles. The molecule has 1 aliphatic rings. The molecule has 1 aliphatic heterocycles. The fourth-order valence-corrected chi connectivity index (χ4v) is 3.55.